The molecular formula is C30H37N3O3. The quantitative estimate of drug-likeness (QED) is 0.619. The first-order valence-corrected chi connectivity index (χ1v) is 13.5. The number of amides is 3. The SMILES string of the molecule is CC(C)C(C(=O)N1CCCC1C(=O)NCc1ccc(C2CCCC2)cc1)N1Cc2ccccc2C1=O. The average Bonchev–Trinajstić information content (AvgIpc) is 3.64. The Kier molecular flexibility index (Phi) is 7.13. The molecule has 2 fully saturated rings. The zero-order chi connectivity index (χ0) is 25.2. The van der Waals surface area contributed by atoms with Gasteiger partial charge in [-0.25, -0.2) is 0 Å². The molecule has 1 aliphatic carbocycles. The average molecular weight is 488 g/mol. The molecule has 6 nitrogen and oxygen atoms in total. The Balaban J connectivity index is 1.23. The second kappa shape index (κ2) is 10.5. The summed E-state index contributed by atoms with van der Waals surface area (Å²) in [6, 6.07) is 15.1. The molecule has 2 heterocycles. The molecule has 2 aromatic carbocycles. The maximum Gasteiger partial charge on any atom is 0.255 e. The van der Waals surface area contributed by atoms with E-state index in [1.807, 2.05) is 38.1 Å². The van der Waals surface area contributed by atoms with Crippen molar-refractivity contribution < 1.29 is 14.4 Å². The van der Waals surface area contributed by atoms with Gasteiger partial charge >= 0.3 is 0 Å². The highest BCUT2D eigenvalue weighted by Gasteiger charge is 2.43. The fourth-order valence-corrected chi connectivity index (χ4v) is 6.23. The van der Waals surface area contributed by atoms with Crippen LogP contribution in [0.5, 0.6) is 0 Å². The number of rotatable bonds is 7. The smallest absolute Gasteiger partial charge is 0.255 e. The van der Waals surface area contributed by atoms with Gasteiger partial charge in [-0.1, -0.05) is 69.2 Å². The monoisotopic (exact) mass is 487 g/mol. The molecule has 2 unspecified atom stereocenters. The van der Waals surface area contributed by atoms with Crippen molar-refractivity contribution in [2.45, 2.75) is 83.5 Å². The molecule has 190 valence electrons. The zero-order valence-electron chi connectivity index (χ0n) is 21.4. The number of benzene rings is 2. The maximum absolute atomic E-state index is 13.8. The van der Waals surface area contributed by atoms with Crippen LogP contribution in [0.3, 0.4) is 0 Å². The van der Waals surface area contributed by atoms with Gasteiger partial charge in [-0.2, -0.15) is 0 Å². The summed E-state index contributed by atoms with van der Waals surface area (Å²) in [5.41, 5.74) is 4.09. The summed E-state index contributed by atoms with van der Waals surface area (Å²) < 4.78 is 0. The predicted molar refractivity (Wildman–Crippen MR) is 139 cm³/mol. The van der Waals surface area contributed by atoms with Gasteiger partial charge in [0.2, 0.25) is 11.8 Å². The van der Waals surface area contributed by atoms with Crippen molar-refractivity contribution in [1.29, 1.82) is 0 Å². The lowest BCUT2D eigenvalue weighted by Gasteiger charge is -2.35. The van der Waals surface area contributed by atoms with Crippen molar-refractivity contribution in [3.63, 3.8) is 0 Å². The highest BCUT2D eigenvalue weighted by Crippen LogP contribution is 2.34. The summed E-state index contributed by atoms with van der Waals surface area (Å²) in [6.07, 6.45) is 6.61. The molecule has 0 bridgehead atoms. The lowest BCUT2D eigenvalue weighted by molar-refractivity contribution is -0.143. The van der Waals surface area contributed by atoms with Crippen molar-refractivity contribution >= 4 is 17.7 Å². The van der Waals surface area contributed by atoms with Crippen LogP contribution in [0.4, 0.5) is 0 Å². The Morgan fingerprint density at radius 3 is 2.39 bits per heavy atom. The molecule has 3 aliphatic rings. The Morgan fingerprint density at radius 1 is 0.972 bits per heavy atom. The van der Waals surface area contributed by atoms with Crippen LogP contribution in [0.25, 0.3) is 0 Å². The van der Waals surface area contributed by atoms with Crippen LogP contribution in [0.1, 0.15) is 85.3 Å². The van der Waals surface area contributed by atoms with E-state index in [1.54, 1.807) is 9.80 Å². The molecule has 2 aromatic rings. The number of carbonyl (C=O) groups is 3. The Labute approximate surface area is 214 Å². The highest BCUT2D eigenvalue weighted by molar-refractivity contribution is 6.01. The molecule has 3 amide bonds. The van der Waals surface area contributed by atoms with E-state index in [1.165, 1.54) is 31.2 Å². The molecule has 5 rings (SSSR count). The van der Waals surface area contributed by atoms with E-state index in [9.17, 15) is 14.4 Å². The largest absolute Gasteiger partial charge is 0.350 e. The standard InChI is InChI=1S/C30H37N3O3/c1-20(2)27(33-19-24-10-5-6-11-25(24)29(33)35)30(36)32-17-7-12-26(32)28(34)31-18-21-13-15-23(16-14-21)22-8-3-4-9-22/h5-6,10-11,13-16,20,22,26-27H,3-4,7-9,12,17-19H2,1-2H3,(H,31,34). The van der Waals surface area contributed by atoms with Gasteiger partial charge in [-0.15, -0.1) is 0 Å². The third-order valence-corrected chi connectivity index (χ3v) is 8.18. The summed E-state index contributed by atoms with van der Waals surface area (Å²) in [6.45, 7) is 5.38. The predicted octanol–water partition coefficient (Wildman–Crippen LogP) is 4.63. The van der Waals surface area contributed by atoms with Crippen LogP contribution in [0.15, 0.2) is 48.5 Å². The Hall–Kier alpha value is -3.15. The van der Waals surface area contributed by atoms with Gasteiger partial charge in [-0.05, 0) is 60.3 Å². The number of fused-ring (bicyclic) bond motifs is 1. The van der Waals surface area contributed by atoms with Crippen LogP contribution < -0.4 is 5.32 Å². The van der Waals surface area contributed by atoms with Crippen molar-refractivity contribution in [3.8, 4) is 0 Å². The van der Waals surface area contributed by atoms with Crippen LogP contribution in [-0.4, -0.2) is 46.1 Å². The van der Waals surface area contributed by atoms with Crippen LogP contribution >= 0.6 is 0 Å². The number of carbonyl (C=O) groups excluding carboxylic acids is 3. The molecule has 0 spiro atoms. The van der Waals surface area contributed by atoms with Crippen molar-refractivity contribution in [1.82, 2.24) is 15.1 Å². The molecule has 1 saturated carbocycles. The molecule has 2 aliphatic heterocycles. The minimum atomic E-state index is -0.582. The van der Waals surface area contributed by atoms with E-state index in [-0.39, 0.29) is 23.6 Å². The van der Waals surface area contributed by atoms with Gasteiger partial charge in [-0.3, -0.25) is 14.4 Å². The number of nitrogens with zero attached hydrogens (tertiary/aromatic N) is 2. The number of hydrogen-bond acceptors (Lipinski definition) is 3. The van der Waals surface area contributed by atoms with Gasteiger partial charge < -0.3 is 15.1 Å². The molecule has 1 N–H and O–H groups in total. The Morgan fingerprint density at radius 2 is 1.69 bits per heavy atom. The van der Waals surface area contributed by atoms with Gasteiger partial charge in [0.1, 0.15) is 12.1 Å². The molecule has 0 aromatic heterocycles. The van der Waals surface area contributed by atoms with E-state index in [2.05, 4.69) is 29.6 Å². The van der Waals surface area contributed by atoms with Gasteiger partial charge in [0.05, 0.1) is 0 Å². The third kappa shape index (κ3) is 4.78. The highest BCUT2D eigenvalue weighted by atomic mass is 16.2. The van der Waals surface area contributed by atoms with E-state index < -0.39 is 12.1 Å². The normalized spacial score (nSPS) is 20.8. The van der Waals surface area contributed by atoms with Gasteiger partial charge in [0.15, 0.2) is 0 Å². The summed E-state index contributed by atoms with van der Waals surface area (Å²) in [7, 11) is 0. The van der Waals surface area contributed by atoms with Gasteiger partial charge in [0, 0.05) is 25.2 Å². The van der Waals surface area contributed by atoms with Crippen molar-refractivity contribution in [3.05, 3.63) is 70.8 Å². The molecule has 36 heavy (non-hydrogen) atoms. The second-order valence-electron chi connectivity index (χ2n) is 10.9. The van der Waals surface area contributed by atoms with Crippen LogP contribution in [0.2, 0.25) is 0 Å². The fourth-order valence-electron chi connectivity index (χ4n) is 6.23. The van der Waals surface area contributed by atoms with Gasteiger partial charge in [0.25, 0.3) is 5.91 Å². The van der Waals surface area contributed by atoms with E-state index in [0.717, 1.165) is 17.5 Å². The first kappa shape index (κ1) is 24.5. The van der Waals surface area contributed by atoms with E-state index >= 15 is 0 Å². The van der Waals surface area contributed by atoms with Crippen molar-refractivity contribution in [2.75, 3.05) is 6.54 Å². The summed E-state index contributed by atoms with van der Waals surface area (Å²) in [5, 5.41) is 3.06. The topological polar surface area (TPSA) is 69.7 Å². The maximum atomic E-state index is 13.8. The van der Waals surface area contributed by atoms with Crippen LogP contribution in [0, 0.1) is 5.92 Å². The first-order valence-electron chi connectivity index (χ1n) is 13.5. The molecule has 2 atom stereocenters. The summed E-state index contributed by atoms with van der Waals surface area (Å²) in [4.78, 5) is 43.5. The number of hydrogen-bond donors (Lipinski definition) is 1. The second-order valence-corrected chi connectivity index (χ2v) is 10.9. The number of nitrogens with one attached hydrogen (secondary N) is 1. The minimum absolute atomic E-state index is 0.0570. The van der Waals surface area contributed by atoms with Crippen LogP contribution in [-0.2, 0) is 22.7 Å². The molecule has 6 heteroatoms. The third-order valence-electron chi connectivity index (χ3n) is 8.18. The van der Waals surface area contributed by atoms with E-state index in [4.69, 9.17) is 0 Å². The number of likely N-dealkylation sites (tertiary alicyclic amines) is 1. The molecule has 1 saturated heterocycles. The van der Waals surface area contributed by atoms with Crippen molar-refractivity contribution in [2.24, 2.45) is 5.92 Å². The summed E-state index contributed by atoms with van der Waals surface area (Å²) >= 11 is 0. The minimum Gasteiger partial charge on any atom is -0.350 e. The Bertz CT molecular complexity index is 1120. The lowest BCUT2D eigenvalue weighted by Crippen LogP contribution is -2.55. The first-order chi connectivity index (χ1) is 17.4. The fraction of sp³-hybridized carbons (Fsp3) is 0.500. The molecule has 0 radical (unpaired) electrons. The lowest BCUT2D eigenvalue weighted by atomic mass is 9.97. The molecular weight excluding hydrogens is 450 g/mol. The van der Waals surface area contributed by atoms with E-state index in [0.29, 0.717) is 37.5 Å². The summed E-state index contributed by atoms with van der Waals surface area (Å²) in [5.74, 6) is 0.289. The zero-order valence-corrected chi connectivity index (χ0v) is 21.4.